The maximum absolute atomic E-state index is 12.9. The number of ether oxygens (including phenoxy) is 2. The van der Waals surface area contributed by atoms with Crippen molar-refractivity contribution < 1.29 is 36.0 Å². The summed E-state index contributed by atoms with van der Waals surface area (Å²) in [6.07, 6.45) is 0.842. The zero-order chi connectivity index (χ0) is 29.0. The van der Waals surface area contributed by atoms with Gasteiger partial charge in [0.1, 0.15) is 23.7 Å². The van der Waals surface area contributed by atoms with E-state index < -0.39 is 43.1 Å². The first-order valence-corrected chi connectivity index (χ1v) is 14.5. The van der Waals surface area contributed by atoms with E-state index >= 15 is 0 Å². The van der Waals surface area contributed by atoms with Gasteiger partial charge in [0.2, 0.25) is 15.9 Å². The summed E-state index contributed by atoms with van der Waals surface area (Å²) in [5, 5.41) is 13.7. The lowest BCUT2D eigenvalue weighted by Gasteiger charge is -2.23. The summed E-state index contributed by atoms with van der Waals surface area (Å²) in [5.74, 6) is -0.442. The summed E-state index contributed by atoms with van der Waals surface area (Å²) in [5.41, 5.74) is 0.674. The van der Waals surface area contributed by atoms with Crippen LogP contribution in [0.25, 0.3) is 0 Å². The van der Waals surface area contributed by atoms with E-state index in [-0.39, 0.29) is 27.7 Å². The SMILES string of the molecule is COc1ccc(C)cc1NS(=O)(=O)c1ccc(NC(=O)CN(c2cc([N+](=O)[O-])ccc2OC)S(C)(=O)=O)cc1. The molecule has 0 heterocycles. The molecule has 39 heavy (non-hydrogen) atoms. The van der Waals surface area contributed by atoms with Gasteiger partial charge in [0.05, 0.1) is 36.0 Å². The summed E-state index contributed by atoms with van der Waals surface area (Å²) in [7, 11) is -5.40. The standard InChI is InChI=1S/C24H26N4O9S2/c1-16-5-11-22(36-2)20(13-16)26-39(34,35)19-9-6-17(7-10-19)25-24(29)15-27(38(4,32)33)21-14-18(28(30)31)8-12-23(21)37-3/h5-14,26H,15H2,1-4H3,(H,25,29). The molecular weight excluding hydrogens is 552 g/mol. The van der Waals surface area contributed by atoms with E-state index in [9.17, 15) is 31.7 Å². The number of nitrogens with one attached hydrogen (secondary N) is 2. The van der Waals surface area contributed by atoms with E-state index in [4.69, 9.17) is 9.47 Å². The van der Waals surface area contributed by atoms with Crippen LogP contribution in [-0.2, 0) is 24.8 Å². The molecule has 0 aliphatic rings. The van der Waals surface area contributed by atoms with Gasteiger partial charge in [0, 0.05) is 17.8 Å². The Morgan fingerprint density at radius 2 is 1.56 bits per heavy atom. The second-order valence-corrected chi connectivity index (χ2v) is 11.9. The second kappa shape index (κ2) is 11.6. The third kappa shape index (κ3) is 7.14. The van der Waals surface area contributed by atoms with Crippen LogP contribution in [0.3, 0.4) is 0 Å². The number of carbonyl (C=O) groups is 1. The van der Waals surface area contributed by atoms with Gasteiger partial charge in [-0.3, -0.25) is 23.9 Å². The van der Waals surface area contributed by atoms with Crippen molar-refractivity contribution in [2.45, 2.75) is 11.8 Å². The number of sulfonamides is 2. The van der Waals surface area contributed by atoms with Gasteiger partial charge in [0.15, 0.2) is 0 Å². The Morgan fingerprint density at radius 1 is 0.949 bits per heavy atom. The van der Waals surface area contributed by atoms with Gasteiger partial charge in [-0.25, -0.2) is 16.8 Å². The van der Waals surface area contributed by atoms with Crippen LogP contribution in [0.5, 0.6) is 11.5 Å². The molecule has 0 spiro atoms. The quantitative estimate of drug-likeness (QED) is 0.256. The minimum Gasteiger partial charge on any atom is -0.495 e. The molecule has 3 aromatic rings. The number of amides is 1. The highest BCUT2D eigenvalue weighted by molar-refractivity contribution is 7.92. The zero-order valence-electron chi connectivity index (χ0n) is 21.4. The third-order valence-electron chi connectivity index (χ3n) is 5.38. The lowest BCUT2D eigenvalue weighted by atomic mass is 10.2. The minimum atomic E-state index is -4.07. The average Bonchev–Trinajstić information content (AvgIpc) is 2.86. The molecule has 3 rings (SSSR count). The van der Waals surface area contributed by atoms with Crippen LogP contribution in [0.15, 0.2) is 65.6 Å². The van der Waals surface area contributed by atoms with Gasteiger partial charge in [-0.1, -0.05) is 6.07 Å². The molecule has 0 unspecified atom stereocenters. The fraction of sp³-hybridized carbons (Fsp3) is 0.208. The van der Waals surface area contributed by atoms with Crippen molar-refractivity contribution in [1.29, 1.82) is 0 Å². The molecule has 2 N–H and O–H groups in total. The molecule has 3 aromatic carbocycles. The smallest absolute Gasteiger partial charge is 0.271 e. The number of non-ortho nitro benzene ring substituents is 1. The summed E-state index contributed by atoms with van der Waals surface area (Å²) in [6.45, 7) is 1.07. The molecule has 0 radical (unpaired) electrons. The predicted octanol–water partition coefficient (Wildman–Crippen LogP) is 3.13. The van der Waals surface area contributed by atoms with Crippen LogP contribution in [0.1, 0.15) is 5.56 Å². The number of nitrogens with zero attached hydrogens (tertiary/aromatic N) is 2. The largest absolute Gasteiger partial charge is 0.495 e. The van der Waals surface area contributed by atoms with Gasteiger partial charge in [-0.05, 0) is 55.0 Å². The lowest BCUT2D eigenvalue weighted by Crippen LogP contribution is -2.37. The Kier molecular flexibility index (Phi) is 8.66. The molecule has 208 valence electrons. The lowest BCUT2D eigenvalue weighted by molar-refractivity contribution is -0.384. The maximum atomic E-state index is 12.9. The average molecular weight is 579 g/mol. The molecule has 15 heteroatoms. The second-order valence-electron chi connectivity index (χ2n) is 8.26. The summed E-state index contributed by atoms with van der Waals surface area (Å²) < 4.78 is 64.2. The fourth-order valence-electron chi connectivity index (χ4n) is 3.52. The normalized spacial score (nSPS) is 11.4. The minimum absolute atomic E-state index is 0.00567. The fourth-order valence-corrected chi connectivity index (χ4v) is 5.43. The van der Waals surface area contributed by atoms with Gasteiger partial charge < -0.3 is 14.8 Å². The summed E-state index contributed by atoms with van der Waals surface area (Å²) in [6, 6.07) is 13.6. The molecule has 0 fully saturated rings. The third-order valence-corrected chi connectivity index (χ3v) is 7.89. The number of rotatable bonds is 11. The molecule has 1 amide bonds. The predicted molar refractivity (Wildman–Crippen MR) is 145 cm³/mol. The van der Waals surface area contributed by atoms with Gasteiger partial charge in [-0.15, -0.1) is 0 Å². The molecule has 0 saturated heterocycles. The highest BCUT2D eigenvalue weighted by atomic mass is 32.2. The van der Waals surface area contributed by atoms with E-state index in [1.165, 1.54) is 44.6 Å². The molecule has 0 bridgehead atoms. The van der Waals surface area contributed by atoms with Crippen molar-refractivity contribution in [1.82, 2.24) is 0 Å². The van der Waals surface area contributed by atoms with Crippen molar-refractivity contribution in [2.24, 2.45) is 0 Å². The van der Waals surface area contributed by atoms with Crippen molar-refractivity contribution in [2.75, 3.05) is 41.4 Å². The number of hydrogen-bond donors (Lipinski definition) is 2. The molecular formula is C24H26N4O9S2. The van der Waals surface area contributed by atoms with E-state index in [2.05, 4.69) is 10.0 Å². The topological polar surface area (TPSA) is 174 Å². The van der Waals surface area contributed by atoms with E-state index in [1.54, 1.807) is 25.1 Å². The summed E-state index contributed by atoms with van der Waals surface area (Å²) >= 11 is 0. The number of nitro groups is 1. The Bertz CT molecular complexity index is 1610. The zero-order valence-corrected chi connectivity index (χ0v) is 23.0. The first-order valence-electron chi connectivity index (χ1n) is 11.1. The molecule has 0 saturated carbocycles. The molecule has 13 nitrogen and oxygen atoms in total. The first kappa shape index (κ1) is 29.2. The van der Waals surface area contributed by atoms with Crippen molar-refractivity contribution in [3.63, 3.8) is 0 Å². The van der Waals surface area contributed by atoms with Crippen LogP contribution in [0.2, 0.25) is 0 Å². The monoisotopic (exact) mass is 578 g/mol. The number of carbonyl (C=O) groups excluding carboxylic acids is 1. The van der Waals surface area contributed by atoms with Crippen LogP contribution < -0.4 is 23.8 Å². The number of methoxy groups -OCH3 is 2. The molecule has 0 atom stereocenters. The first-order chi connectivity index (χ1) is 18.2. The van der Waals surface area contributed by atoms with E-state index in [0.717, 1.165) is 24.0 Å². The Morgan fingerprint density at radius 3 is 2.13 bits per heavy atom. The van der Waals surface area contributed by atoms with Crippen molar-refractivity contribution in [3.05, 3.63) is 76.3 Å². The number of benzene rings is 3. The van der Waals surface area contributed by atoms with Crippen molar-refractivity contribution >= 4 is 48.7 Å². The van der Waals surface area contributed by atoms with Gasteiger partial charge in [-0.2, -0.15) is 0 Å². The number of anilines is 3. The highest BCUT2D eigenvalue weighted by Gasteiger charge is 2.26. The molecule has 0 aliphatic carbocycles. The Hall–Kier alpha value is -4.37. The van der Waals surface area contributed by atoms with Crippen LogP contribution in [-0.4, -0.2) is 54.7 Å². The van der Waals surface area contributed by atoms with Crippen LogP contribution in [0.4, 0.5) is 22.7 Å². The van der Waals surface area contributed by atoms with Crippen LogP contribution >= 0.6 is 0 Å². The van der Waals surface area contributed by atoms with E-state index in [0.29, 0.717) is 10.1 Å². The van der Waals surface area contributed by atoms with Crippen molar-refractivity contribution in [3.8, 4) is 11.5 Å². The Balaban J connectivity index is 1.80. The summed E-state index contributed by atoms with van der Waals surface area (Å²) in [4.78, 5) is 23.2. The maximum Gasteiger partial charge on any atom is 0.271 e. The highest BCUT2D eigenvalue weighted by Crippen LogP contribution is 2.34. The van der Waals surface area contributed by atoms with Gasteiger partial charge >= 0.3 is 0 Å². The Labute approximate surface area is 225 Å². The molecule has 0 aromatic heterocycles. The number of nitro benzene ring substituents is 1. The van der Waals surface area contributed by atoms with Crippen LogP contribution in [0, 0.1) is 17.0 Å². The van der Waals surface area contributed by atoms with E-state index in [1.807, 2.05) is 0 Å². The number of aryl methyl sites for hydroxylation is 1. The van der Waals surface area contributed by atoms with Gasteiger partial charge in [0.25, 0.3) is 15.7 Å². The molecule has 0 aliphatic heterocycles. The number of hydrogen-bond acceptors (Lipinski definition) is 9.